The molecule has 30 heavy (non-hydrogen) atoms. The van der Waals surface area contributed by atoms with Gasteiger partial charge in [0.2, 0.25) is 21.8 Å². The fourth-order valence-corrected chi connectivity index (χ4v) is 4.93. The van der Waals surface area contributed by atoms with Crippen LogP contribution in [0.15, 0.2) is 41.3 Å². The van der Waals surface area contributed by atoms with Gasteiger partial charge in [-0.2, -0.15) is 4.72 Å². The first-order valence-electron chi connectivity index (χ1n) is 9.80. The molecule has 0 aromatic heterocycles. The molecule has 0 bridgehead atoms. The van der Waals surface area contributed by atoms with Crippen molar-refractivity contribution in [3.63, 3.8) is 0 Å². The van der Waals surface area contributed by atoms with Gasteiger partial charge in [0.15, 0.2) is 0 Å². The second-order valence-corrected chi connectivity index (χ2v) is 10.0. The van der Waals surface area contributed by atoms with E-state index in [2.05, 4.69) is 4.72 Å². The maximum Gasteiger partial charge on any atom is 0.245 e. The third kappa shape index (κ3) is 4.45. The first-order valence-corrected chi connectivity index (χ1v) is 11.7. The lowest BCUT2D eigenvalue weighted by atomic mass is 10.1. The Labute approximate surface area is 182 Å². The predicted molar refractivity (Wildman–Crippen MR) is 117 cm³/mol. The number of hydrogen-bond acceptors (Lipinski definition) is 4. The summed E-state index contributed by atoms with van der Waals surface area (Å²) in [5.41, 5.74) is 0. The molecule has 2 amide bonds. The molecule has 2 aromatic carbocycles. The highest BCUT2D eigenvalue weighted by atomic mass is 35.5. The maximum absolute atomic E-state index is 12.9. The van der Waals surface area contributed by atoms with Gasteiger partial charge >= 0.3 is 0 Å². The van der Waals surface area contributed by atoms with Crippen molar-refractivity contribution in [2.75, 3.05) is 13.6 Å². The number of amides is 2. The van der Waals surface area contributed by atoms with E-state index in [0.717, 1.165) is 10.8 Å². The highest BCUT2D eigenvalue weighted by molar-refractivity contribution is 7.89. The summed E-state index contributed by atoms with van der Waals surface area (Å²) in [5, 5.41) is 2.13. The summed E-state index contributed by atoms with van der Waals surface area (Å²) < 4.78 is 28.2. The van der Waals surface area contributed by atoms with E-state index in [-0.39, 0.29) is 22.8 Å². The average molecular weight is 452 g/mol. The molecule has 9 heteroatoms. The summed E-state index contributed by atoms with van der Waals surface area (Å²) in [4.78, 5) is 28.5. The molecule has 0 radical (unpaired) electrons. The molecule has 7 nitrogen and oxygen atoms in total. The Morgan fingerprint density at radius 1 is 1.17 bits per heavy atom. The van der Waals surface area contributed by atoms with E-state index in [9.17, 15) is 18.0 Å². The van der Waals surface area contributed by atoms with Gasteiger partial charge in [-0.25, -0.2) is 8.42 Å². The highest BCUT2D eigenvalue weighted by Gasteiger charge is 2.39. The third-order valence-electron chi connectivity index (χ3n) is 5.57. The van der Waals surface area contributed by atoms with Gasteiger partial charge in [0.05, 0.1) is 4.90 Å². The summed E-state index contributed by atoms with van der Waals surface area (Å²) in [6.07, 6.45) is 0.310. The normalized spacial score (nSPS) is 18.3. The van der Waals surface area contributed by atoms with Gasteiger partial charge in [0, 0.05) is 24.7 Å². The molecule has 0 spiro atoms. The molecular weight excluding hydrogens is 426 g/mol. The fourth-order valence-electron chi connectivity index (χ4n) is 3.50. The van der Waals surface area contributed by atoms with Crippen molar-refractivity contribution in [2.24, 2.45) is 0 Å². The van der Waals surface area contributed by atoms with Crippen molar-refractivity contribution in [1.82, 2.24) is 14.5 Å². The minimum Gasteiger partial charge on any atom is -0.342 e. The Morgan fingerprint density at radius 3 is 2.47 bits per heavy atom. The smallest absolute Gasteiger partial charge is 0.245 e. The Hall–Kier alpha value is -2.16. The van der Waals surface area contributed by atoms with Gasteiger partial charge in [0.25, 0.3) is 0 Å². The second kappa shape index (κ2) is 8.53. The standard InChI is InChI=1S/C21H26ClN3O4S/c1-13(2)24(4)20(26)14(3)25-10-9-19(21(25)27)23-30(28,29)18-8-6-15-11-17(22)7-5-16(15)12-18/h5-8,11-14,19,23H,9-10H2,1-4H3/t14-,19-/m0/s1. The van der Waals surface area contributed by atoms with Crippen LogP contribution in [0.1, 0.15) is 27.2 Å². The van der Waals surface area contributed by atoms with Crippen LogP contribution < -0.4 is 4.72 Å². The van der Waals surface area contributed by atoms with Crippen LogP contribution in [0, 0.1) is 0 Å². The monoisotopic (exact) mass is 451 g/mol. The summed E-state index contributed by atoms with van der Waals surface area (Å²) in [5.74, 6) is -0.556. The first-order chi connectivity index (χ1) is 14.0. The molecule has 0 aliphatic carbocycles. The van der Waals surface area contributed by atoms with E-state index in [4.69, 9.17) is 11.6 Å². The summed E-state index contributed by atoms with van der Waals surface area (Å²) >= 11 is 5.98. The number of nitrogens with one attached hydrogen (secondary N) is 1. The second-order valence-electron chi connectivity index (χ2n) is 7.87. The lowest BCUT2D eigenvalue weighted by molar-refractivity contribution is -0.143. The van der Waals surface area contributed by atoms with E-state index in [1.54, 1.807) is 49.2 Å². The molecule has 1 fully saturated rings. The van der Waals surface area contributed by atoms with Crippen molar-refractivity contribution in [3.05, 3.63) is 41.4 Å². The number of rotatable bonds is 6. The Balaban J connectivity index is 1.75. The van der Waals surface area contributed by atoms with Crippen molar-refractivity contribution < 1.29 is 18.0 Å². The van der Waals surface area contributed by atoms with Gasteiger partial charge in [-0.1, -0.05) is 23.7 Å². The van der Waals surface area contributed by atoms with Crippen LogP contribution in [-0.2, 0) is 19.6 Å². The van der Waals surface area contributed by atoms with Crippen molar-refractivity contribution in [3.8, 4) is 0 Å². The molecule has 2 atom stereocenters. The molecule has 1 N–H and O–H groups in total. The number of carbonyl (C=O) groups excluding carboxylic acids is 2. The minimum absolute atomic E-state index is 0.00902. The molecule has 0 unspecified atom stereocenters. The zero-order valence-corrected chi connectivity index (χ0v) is 19.0. The summed E-state index contributed by atoms with van der Waals surface area (Å²) in [6.45, 7) is 5.78. The Bertz CT molecular complexity index is 1090. The number of halogens is 1. The predicted octanol–water partition coefficient (Wildman–Crippen LogP) is 2.63. The highest BCUT2D eigenvalue weighted by Crippen LogP contribution is 2.24. The first kappa shape index (κ1) is 22.5. The molecular formula is C21H26ClN3O4S. The Morgan fingerprint density at radius 2 is 1.80 bits per heavy atom. The van der Waals surface area contributed by atoms with Crippen LogP contribution in [0.4, 0.5) is 0 Å². The molecule has 162 valence electrons. The van der Waals surface area contributed by atoms with Gasteiger partial charge in [-0.05, 0) is 62.2 Å². The van der Waals surface area contributed by atoms with E-state index < -0.39 is 22.1 Å². The summed E-state index contributed by atoms with van der Waals surface area (Å²) in [6, 6.07) is 8.38. The van der Waals surface area contributed by atoms with Crippen LogP contribution in [0.2, 0.25) is 5.02 Å². The Kier molecular flexibility index (Phi) is 6.40. The van der Waals surface area contributed by atoms with Crippen LogP contribution in [0.3, 0.4) is 0 Å². The minimum atomic E-state index is -3.90. The zero-order chi connectivity index (χ0) is 22.2. The lowest BCUT2D eigenvalue weighted by Crippen LogP contribution is -2.50. The average Bonchev–Trinajstić information content (AvgIpc) is 3.05. The van der Waals surface area contributed by atoms with E-state index in [0.29, 0.717) is 18.0 Å². The lowest BCUT2D eigenvalue weighted by Gasteiger charge is -2.30. The SMILES string of the molecule is CC(C)N(C)C(=O)[C@H](C)N1CC[C@H](NS(=O)(=O)c2ccc3cc(Cl)ccc3c2)C1=O. The third-order valence-corrected chi connectivity index (χ3v) is 7.27. The molecule has 1 aliphatic heterocycles. The largest absolute Gasteiger partial charge is 0.342 e. The van der Waals surface area contributed by atoms with Crippen molar-refractivity contribution >= 4 is 44.2 Å². The van der Waals surface area contributed by atoms with Gasteiger partial charge in [-0.3, -0.25) is 9.59 Å². The van der Waals surface area contributed by atoms with Crippen LogP contribution in [0.25, 0.3) is 10.8 Å². The molecule has 3 rings (SSSR count). The maximum atomic E-state index is 12.9. The van der Waals surface area contributed by atoms with E-state index >= 15 is 0 Å². The van der Waals surface area contributed by atoms with Crippen molar-refractivity contribution in [2.45, 2.75) is 50.2 Å². The molecule has 1 heterocycles. The molecule has 1 aliphatic rings. The number of sulfonamides is 1. The molecule has 1 saturated heterocycles. The van der Waals surface area contributed by atoms with E-state index in [1.165, 1.54) is 11.0 Å². The van der Waals surface area contributed by atoms with Crippen molar-refractivity contribution in [1.29, 1.82) is 0 Å². The topological polar surface area (TPSA) is 86.8 Å². The van der Waals surface area contributed by atoms with Gasteiger partial charge in [-0.15, -0.1) is 0 Å². The van der Waals surface area contributed by atoms with Crippen LogP contribution in [0.5, 0.6) is 0 Å². The number of fused-ring (bicyclic) bond motifs is 1. The quantitative estimate of drug-likeness (QED) is 0.731. The number of nitrogens with zero attached hydrogens (tertiary/aromatic N) is 2. The summed E-state index contributed by atoms with van der Waals surface area (Å²) in [7, 11) is -2.21. The number of benzene rings is 2. The van der Waals surface area contributed by atoms with Gasteiger partial charge in [0.1, 0.15) is 12.1 Å². The number of likely N-dealkylation sites (N-methyl/N-ethyl adjacent to an activating group) is 1. The number of likely N-dealkylation sites (tertiary alicyclic amines) is 1. The van der Waals surface area contributed by atoms with Gasteiger partial charge < -0.3 is 9.80 Å². The molecule has 0 saturated carbocycles. The van der Waals surface area contributed by atoms with Crippen LogP contribution >= 0.6 is 11.6 Å². The molecule has 2 aromatic rings. The fraction of sp³-hybridized carbons (Fsp3) is 0.429. The zero-order valence-electron chi connectivity index (χ0n) is 17.4. The van der Waals surface area contributed by atoms with Crippen LogP contribution in [-0.4, -0.2) is 61.7 Å². The number of hydrogen-bond donors (Lipinski definition) is 1. The van der Waals surface area contributed by atoms with E-state index in [1.807, 2.05) is 13.8 Å². The number of carbonyl (C=O) groups is 2.